The monoisotopic (exact) mass is 298 g/mol. The average molecular weight is 298 g/mol. The van der Waals surface area contributed by atoms with E-state index in [0.29, 0.717) is 24.5 Å². The summed E-state index contributed by atoms with van der Waals surface area (Å²) < 4.78 is 27.0. The van der Waals surface area contributed by atoms with Crippen molar-refractivity contribution in [3.63, 3.8) is 0 Å². The molecule has 0 radical (unpaired) electrons. The fourth-order valence-corrected chi connectivity index (χ4v) is 4.04. The Morgan fingerprint density at radius 2 is 1.90 bits per heavy atom. The van der Waals surface area contributed by atoms with Crippen molar-refractivity contribution in [3.8, 4) is 0 Å². The quantitative estimate of drug-likeness (QED) is 0.802. The van der Waals surface area contributed by atoms with E-state index in [1.807, 2.05) is 39.8 Å². The molecule has 0 aliphatic rings. The summed E-state index contributed by atoms with van der Waals surface area (Å²) in [6.07, 6.45) is 0.823. The molecule has 0 saturated carbocycles. The van der Waals surface area contributed by atoms with Crippen molar-refractivity contribution < 1.29 is 8.42 Å². The SMILES string of the molecule is CCCN(CC)S(=O)(=O)c1cccc(CNCC)c1C. The van der Waals surface area contributed by atoms with Gasteiger partial charge in [-0.15, -0.1) is 0 Å². The van der Waals surface area contributed by atoms with Gasteiger partial charge in [0.1, 0.15) is 0 Å². The highest BCUT2D eigenvalue weighted by Gasteiger charge is 2.24. The average Bonchev–Trinajstić information content (AvgIpc) is 2.43. The molecule has 1 rings (SSSR count). The molecular formula is C15H26N2O2S. The number of benzene rings is 1. The van der Waals surface area contributed by atoms with Gasteiger partial charge in [0.2, 0.25) is 10.0 Å². The third-order valence-electron chi connectivity index (χ3n) is 3.41. The fourth-order valence-electron chi connectivity index (χ4n) is 2.23. The zero-order valence-corrected chi connectivity index (χ0v) is 13.8. The third-order valence-corrected chi connectivity index (χ3v) is 5.52. The lowest BCUT2D eigenvalue weighted by Crippen LogP contribution is -2.32. The maximum atomic E-state index is 12.7. The van der Waals surface area contributed by atoms with Gasteiger partial charge >= 0.3 is 0 Å². The van der Waals surface area contributed by atoms with E-state index in [-0.39, 0.29) is 0 Å². The summed E-state index contributed by atoms with van der Waals surface area (Å²) in [5.41, 5.74) is 1.89. The first kappa shape index (κ1) is 17.1. The Bertz CT molecular complexity index is 527. The number of nitrogens with zero attached hydrogens (tertiary/aromatic N) is 1. The summed E-state index contributed by atoms with van der Waals surface area (Å²) in [5, 5.41) is 3.24. The van der Waals surface area contributed by atoms with E-state index < -0.39 is 10.0 Å². The Morgan fingerprint density at radius 1 is 1.20 bits per heavy atom. The molecule has 1 N–H and O–H groups in total. The van der Waals surface area contributed by atoms with Crippen molar-refractivity contribution in [2.75, 3.05) is 19.6 Å². The molecule has 0 bridgehead atoms. The van der Waals surface area contributed by atoms with E-state index in [0.717, 1.165) is 24.1 Å². The van der Waals surface area contributed by atoms with Crippen LogP contribution in [0.4, 0.5) is 0 Å². The van der Waals surface area contributed by atoms with Gasteiger partial charge in [0, 0.05) is 19.6 Å². The minimum Gasteiger partial charge on any atom is -0.313 e. The van der Waals surface area contributed by atoms with Crippen molar-refractivity contribution in [2.45, 2.75) is 45.6 Å². The van der Waals surface area contributed by atoms with Gasteiger partial charge in [0.15, 0.2) is 0 Å². The summed E-state index contributed by atoms with van der Waals surface area (Å²) in [4.78, 5) is 0.434. The zero-order chi connectivity index (χ0) is 15.2. The van der Waals surface area contributed by atoms with E-state index in [9.17, 15) is 8.42 Å². The summed E-state index contributed by atoms with van der Waals surface area (Å²) >= 11 is 0. The predicted octanol–water partition coefficient (Wildman–Crippen LogP) is 2.53. The number of hydrogen-bond acceptors (Lipinski definition) is 3. The minimum absolute atomic E-state index is 0.434. The third kappa shape index (κ3) is 3.81. The molecule has 0 saturated heterocycles. The summed E-state index contributed by atoms with van der Waals surface area (Å²) in [5.74, 6) is 0. The van der Waals surface area contributed by atoms with Crippen molar-refractivity contribution in [1.82, 2.24) is 9.62 Å². The number of hydrogen-bond donors (Lipinski definition) is 1. The zero-order valence-electron chi connectivity index (χ0n) is 12.9. The smallest absolute Gasteiger partial charge is 0.243 e. The Balaban J connectivity index is 3.18. The fraction of sp³-hybridized carbons (Fsp3) is 0.600. The van der Waals surface area contributed by atoms with Crippen LogP contribution >= 0.6 is 0 Å². The van der Waals surface area contributed by atoms with Crippen LogP contribution in [0.1, 0.15) is 38.3 Å². The van der Waals surface area contributed by atoms with Crippen LogP contribution in [0.5, 0.6) is 0 Å². The van der Waals surface area contributed by atoms with Crippen molar-refractivity contribution >= 4 is 10.0 Å². The highest BCUT2D eigenvalue weighted by atomic mass is 32.2. The molecule has 0 fully saturated rings. The molecule has 0 amide bonds. The molecule has 114 valence electrons. The summed E-state index contributed by atoms with van der Waals surface area (Å²) in [6.45, 7) is 10.4. The molecule has 0 aromatic heterocycles. The lowest BCUT2D eigenvalue weighted by molar-refractivity contribution is 0.426. The maximum absolute atomic E-state index is 12.7. The van der Waals surface area contributed by atoms with Crippen molar-refractivity contribution in [1.29, 1.82) is 0 Å². The Kier molecular flexibility index (Phi) is 6.65. The van der Waals surface area contributed by atoms with Crippen LogP contribution in [0.2, 0.25) is 0 Å². The lowest BCUT2D eigenvalue weighted by atomic mass is 10.1. The van der Waals surface area contributed by atoms with Gasteiger partial charge in [-0.2, -0.15) is 4.31 Å². The maximum Gasteiger partial charge on any atom is 0.243 e. The van der Waals surface area contributed by atoms with Gasteiger partial charge in [0.05, 0.1) is 4.90 Å². The first-order valence-corrected chi connectivity index (χ1v) is 8.72. The van der Waals surface area contributed by atoms with E-state index in [1.54, 1.807) is 10.4 Å². The molecule has 0 aliphatic heterocycles. The molecule has 1 aromatic rings. The van der Waals surface area contributed by atoms with Crippen LogP contribution in [-0.2, 0) is 16.6 Å². The molecule has 0 heterocycles. The van der Waals surface area contributed by atoms with Gasteiger partial charge in [-0.25, -0.2) is 8.42 Å². The Labute approximate surface area is 123 Å². The summed E-state index contributed by atoms with van der Waals surface area (Å²) in [7, 11) is -3.39. The van der Waals surface area contributed by atoms with Crippen LogP contribution in [-0.4, -0.2) is 32.4 Å². The molecule has 1 aromatic carbocycles. The molecular weight excluding hydrogens is 272 g/mol. The second kappa shape index (κ2) is 7.76. The molecule has 5 heteroatoms. The highest BCUT2D eigenvalue weighted by molar-refractivity contribution is 7.89. The van der Waals surface area contributed by atoms with E-state index in [1.165, 1.54) is 0 Å². The second-order valence-electron chi connectivity index (χ2n) is 4.82. The number of sulfonamides is 1. The molecule has 4 nitrogen and oxygen atoms in total. The molecule has 20 heavy (non-hydrogen) atoms. The first-order valence-electron chi connectivity index (χ1n) is 7.28. The first-order chi connectivity index (χ1) is 9.48. The van der Waals surface area contributed by atoms with Crippen molar-refractivity contribution in [2.24, 2.45) is 0 Å². The lowest BCUT2D eigenvalue weighted by Gasteiger charge is -2.22. The van der Waals surface area contributed by atoms with Crippen LogP contribution in [0, 0.1) is 6.92 Å². The molecule has 0 spiro atoms. The normalized spacial score (nSPS) is 12.1. The van der Waals surface area contributed by atoms with Gasteiger partial charge in [-0.3, -0.25) is 0 Å². The topological polar surface area (TPSA) is 49.4 Å². The minimum atomic E-state index is -3.39. The van der Waals surface area contributed by atoms with E-state index in [4.69, 9.17) is 0 Å². The number of rotatable bonds is 8. The largest absolute Gasteiger partial charge is 0.313 e. The standard InChI is InChI=1S/C15H26N2O2S/c1-5-11-17(7-3)20(18,19)15-10-8-9-14(13(15)4)12-16-6-2/h8-10,16H,5-7,11-12H2,1-4H3. The Morgan fingerprint density at radius 3 is 2.45 bits per heavy atom. The van der Waals surface area contributed by atoms with Gasteiger partial charge in [-0.1, -0.05) is 32.9 Å². The van der Waals surface area contributed by atoms with Crippen molar-refractivity contribution in [3.05, 3.63) is 29.3 Å². The van der Waals surface area contributed by atoms with Gasteiger partial charge in [0.25, 0.3) is 0 Å². The van der Waals surface area contributed by atoms with E-state index in [2.05, 4.69) is 5.32 Å². The van der Waals surface area contributed by atoms with Crippen LogP contribution in [0.3, 0.4) is 0 Å². The van der Waals surface area contributed by atoms with Crippen LogP contribution in [0.25, 0.3) is 0 Å². The second-order valence-corrected chi connectivity index (χ2v) is 6.72. The molecule has 0 atom stereocenters. The summed E-state index contributed by atoms with van der Waals surface area (Å²) in [6, 6.07) is 5.51. The predicted molar refractivity (Wildman–Crippen MR) is 83.3 cm³/mol. The van der Waals surface area contributed by atoms with Crippen LogP contribution in [0.15, 0.2) is 23.1 Å². The van der Waals surface area contributed by atoms with Gasteiger partial charge in [-0.05, 0) is 37.1 Å². The Hall–Kier alpha value is -0.910. The molecule has 0 aliphatic carbocycles. The van der Waals surface area contributed by atoms with Gasteiger partial charge < -0.3 is 5.32 Å². The number of nitrogens with one attached hydrogen (secondary N) is 1. The highest BCUT2D eigenvalue weighted by Crippen LogP contribution is 2.22. The van der Waals surface area contributed by atoms with Crippen LogP contribution < -0.4 is 5.32 Å². The van der Waals surface area contributed by atoms with E-state index >= 15 is 0 Å². The molecule has 0 unspecified atom stereocenters.